The van der Waals surface area contributed by atoms with Crippen LogP contribution in [0.3, 0.4) is 0 Å². The van der Waals surface area contributed by atoms with Gasteiger partial charge in [-0.3, -0.25) is 9.52 Å². The molecule has 0 aromatic heterocycles. The number of carbonyl (C=O) groups is 2. The van der Waals surface area contributed by atoms with Crippen LogP contribution in [0.1, 0.15) is 48.9 Å². The van der Waals surface area contributed by atoms with Crippen LogP contribution in [0.2, 0.25) is 5.02 Å². The highest BCUT2D eigenvalue weighted by Gasteiger charge is 2.21. The van der Waals surface area contributed by atoms with Crippen LogP contribution in [0.4, 0.5) is 5.69 Å². The molecule has 32 heavy (non-hydrogen) atoms. The second-order valence-electron chi connectivity index (χ2n) is 7.59. The Morgan fingerprint density at radius 1 is 1.03 bits per heavy atom. The Labute approximate surface area is 206 Å². The van der Waals surface area contributed by atoms with Gasteiger partial charge in [-0.2, -0.15) is 0 Å². The summed E-state index contributed by atoms with van der Waals surface area (Å²) in [5.41, 5.74) is 0.263. The molecule has 0 saturated heterocycles. The molecule has 0 unspecified atom stereocenters. The van der Waals surface area contributed by atoms with Crippen LogP contribution in [-0.4, -0.2) is 32.9 Å². The highest BCUT2D eigenvalue weighted by molar-refractivity contribution is 14.1. The van der Waals surface area contributed by atoms with E-state index in [9.17, 15) is 18.0 Å². The van der Waals surface area contributed by atoms with Crippen molar-refractivity contribution in [2.45, 2.75) is 49.5 Å². The smallest absolute Gasteiger partial charge is 0.340 e. The summed E-state index contributed by atoms with van der Waals surface area (Å²) in [6, 6.07) is 10.6. The molecule has 0 atom stereocenters. The molecule has 0 heterocycles. The predicted molar refractivity (Wildman–Crippen MR) is 131 cm³/mol. The van der Waals surface area contributed by atoms with Crippen molar-refractivity contribution in [2.75, 3.05) is 11.3 Å². The third kappa shape index (κ3) is 7.08. The van der Waals surface area contributed by atoms with Gasteiger partial charge in [0.15, 0.2) is 6.61 Å². The minimum atomic E-state index is -3.95. The Morgan fingerprint density at radius 2 is 1.69 bits per heavy atom. The molecule has 7 nitrogen and oxygen atoms in total. The van der Waals surface area contributed by atoms with E-state index in [0.29, 0.717) is 5.69 Å². The second-order valence-corrected chi connectivity index (χ2v) is 10.9. The monoisotopic (exact) mass is 590 g/mol. The summed E-state index contributed by atoms with van der Waals surface area (Å²) in [7, 11) is -3.95. The van der Waals surface area contributed by atoms with E-state index in [1.165, 1.54) is 12.1 Å². The maximum atomic E-state index is 12.7. The van der Waals surface area contributed by atoms with Gasteiger partial charge in [0.05, 0.1) is 15.5 Å². The molecule has 3 rings (SSSR count). The first-order valence-corrected chi connectivity index (χ1v) is 13.2. The van der Waals surface area contributed by atoms with E-state index in [1.54, 1.807) is 24.3 Å². The van der Waals surface area contributed by atoms with E-state index in [-0.39, 0.29) is 27.4 Å². The number of esters is 1. The van der Waals surface area contributed by atoms with Crippen LogP contribution in [0.5, 0.6) is 0 Å². The first-order valence-electron chi connectivity index (χ1n) is 10.3. The Morgan fingerprint density at radius 3 is 2.34 bits per heavy atom. The first-order chi connectivity index (χ1) is 15.2. The summed E-state index contributed by atoms with van der Waals surface area (Å²) >= 11 is 8.21. The number of carbonyl (C=O) groups excluding carboxylic acids is 2. The molecule has 172 valence electrons. The van der Waals surface area contributed by atoms with E-state index in [1.807, 2.05) is 0 Å². The Balaban J connectivity index is 1.64. The zero-order chi connectivity index (χ0) is 23.1. The summed E-state index contributed by atoms with van der Waals surface area (Å²) in [5, 5.41) is 2.93. The van der Waals surface area contributed by atoms with Crippen molar-refractivity contribution in [3.63, 3.8) is 0 Å². The molecular weight excluding hydrogens is 567 g/mol. The van der Waals surface area contributed by atoms with Crippen molar-refractivity contribution in [3.8, 4) is 0 Å². The molecule has 2 aromatic rings. The van der Waals surface area contributed by atoms with Crippen LogP contribution in [0.25, 0.3) is 0 Å². The van der Waals surface area contributed by atoms with Gasteiger partial charge < -0.3 is 10.1 Å². The fraction of sp³-hybridized carbons (Fsp3) is 0.364. The van der Waals surface area contributed by atoms with Crippen molar-refractivity contribution in [1.29, 1.82) is 0 Å². The van der Waals surface area contributed by atoms with Gasteiger partial charge in [0.25, 0.3) is 15.9 Å². The van der Waals surface area contributed by atoms with Gasteiger partial charge >= 0.3 is 5.97 Å². The summed E-state index contributed by atoms with van der Waals surface area (Å²) in [5.74, 6) is -1.25. The summed E-state index contributed by atoms with van der Waals surface area (Å²) < 4.78 is 33.9. The largest absolute Gasteiger partial charge is 0.452 e. The number of anilines is 1. The van der Waals surface area contributed by atoms with Crippen LogP contribution in [0.15, 0.2) is 47.4 Å². The summed E-state index contributed by atoms with van der Waals surface area (Å²) in [4.78, 5) is 24.5. The maximum absolute atomic E-state index is 12.7. The van der Waals surface area contributed by atoms with Gasteiger partial charge in [0.2, 0.25) is 0 Å². The molecule has 0 bridgehead atoms. The normalized spacial score (nSPS) is 14.9. The van der Waals surface area contributed by atoms with Gasteiger partial charge in [0, 0.05) is 15.3 Å². The quantitative estimate of drug-likeness (QED) is 0.276. The van der Waals surface area contributed by atoms with Crippen LogP contribution in [0, 0.1) is 3.57 Å². The van der Waals surface area contributed by atoms with E-state index in [0.717, 1.165) is 48.2 Å². The maximum Gasteiger partial charge on any atom is 0.340 e. The van der Waals surface area contributed by atoms with E-state index in [4.69, 9.17) is 16.3 Å². The van der Waals surface area contributed by atoms with Gasteiger partial charge in [-0.05, 0) is 77.9 Å². The summed E-state index contributed by atoms with van der Waals surface area (Å²) in [6.45, 7) is -0.455. The molecular formula is C22H24ClIN2O5S. The lowest BCUT2D eigenvalue weighted by molar-refractivity contribution is -0.125. The van der Waals surface area contributed by atoms with Gasteiger partial charge in [0.1, 0.15) is 0 Å². The third-order valence-electron chi connectivity index (χ3n) is 5.12. The van der Waals surface area contributed by atoms with Crippen LogP contribution < -0.4 is 10.0 Å². The number of rotatable bonds is 7. The molecule has 10 heteroatoms. The number of hydrogen-bond acceptors (Lipinski definition) is 5. The Kier molecular flexibility index (Phi) is 8.78. The molecule has 2 N–H and O–H groups in total. The second kappa shape index (κ2) is 11.3. The molecule has 1 fully saturated rings. The lowest BCUT2D eigenvalue weighted by Crippen LogP contribution is -2.37. The van der Waals surface area contributed by atoms with Gasteiger partial charge in [-0.25, -0.2) is 13.2 Å². The molecule has 0 radical (unpaired) electrons. The molecule has 1 saturated carbocycles. The standard InChI is InChI=1S/C22H24ClIN2O5S/c23-20-12-11-18(32(29,30)26-17-9-7-15(24)8-10-17)13-19(20)22(28)31-14-21(27)25-16-5-3-1-2-4-6-16/h7-13,16,26H,1-6,14H2,(H,25,27). The fourth-order valence-corrected chi connectivity index (χ4v) is 5.10. The predicted octanol–water partition coefficient (Wildman–Crippen LogP) is 4.74. The van der Waals surface area contributed by atoms with Gasteiger partial charge in [-0.1, -0.05) is 37.3 Å². The fourth-order valence-electron chi connectivity index (χ4n) is 3.46. The topological polar surface area (TPSA) is 102 Å². The first kappa shape index (κ1) is 24.8. The zero-order valence-electron chi connectivity index (χ0n) is 17.3. The number of sulfonamides is 1. The van der Waals surface area contributed by atoms with Gasteiger partial charge in [-0.15, -0.1) is 0 Å². The Hall–Kier alpha value is -1.85. The molecule has 2 aromatic carbocycles. The molecule has 1 amide bonds. The minimum Gasteiger partial charge on any atom is -0.452 e. The number of amides is 1. The van der Waals surface area contributed by atoms with E-state index < -0.39 is 22.6 Å². The third-order valence-corrected chi connectivity index (χ3v) is 7.55. The average molecular weight is 591 g/mol. The molecule has 0 aliphatic heterocycles. The highest BCUT2D eigenvalue weighted by atomic mass is 127. The zero-order valence-corrected chi connectivity index (χ0v) is 21.0. The lowest BCUT2D eigenvalue weighted by Gasteiger charge is -2.16. The number of benzene rings is 2. The van der Waals surface area contributed by atoms with E-state index in [2.05, 4.69) is 32.6 Å². The number of halogens is 2. The number of ether oxygens (including phenoxy) is 1. The summed E-state index contributed by atoms with van der Waals surface area (Å²) in [6.07, 6.45) is 6.29. The van der Waals surface area contributed by atoms with Crippen molar-refractivity contribution in [1.82, 2.24) is 5.32 Å². The van der Waals surface area contributed by atoms with Crippen LogP contribution >= 0.6 is 34.2 Å². The SMILES string of the molecule is O=C(COC(=O)c1cc(S(=O)(=O)Nc2ccc(I)cc2)ccc1Cl)NC1CCCCCC1. The Bertz CT molecular complexity index is 1070. The minimum absolute atomic E-state index is 0.0346. The lowest BCUT2D eigenvalue weighted by atomic mass is 10.1. The number of nitrogens with one attached hydrogen (secondary N) is 2. The average Bonchev–Trinajstić information content (AvgIpc) is 3.02. The van der Waals surface area contributed by atoms with Crippen molar-refractivity contribution < 1.29 is 22.7 Å². The molecule has 1 aliphatic rings. The van der Waals surface area contributed by atoms with E-state index >= 15 is 0 Å². The van der Waals surface area contributed by atoms with Crippen molar-refractivity contribution in [2.24, 2.45) is 0 Å². The number of hydrogen-bond donors (Lipinski definition) is 2. The highest BCUT2D eigenvalue weighted by Crippen LogP contribution is 2.24. The van der Waals surface area contributed by atoms with Crippen molar-refractivity contribution >= 4 is 61.8 Å². The van der Waals surface area contributed by atoms with Crippen molar-refractivity contribution in [3.05, 3.63) is 56.6 Å². The molecule has 0 spiro atoms. The molecule has 1 aliphatic carbocycles. The van der Waals surface area contributed by atoms with Crippen LogP contribution in [-0.2, 0) is 19.6 Å².